The van der Waals surface area contributed by atoms with Gasteiger partial charge in [0.1, 0.15) is 5.82 Å². The van der Waals surface area contributed by atoms with Crippen LogP contribution in [0.4, 0.5) is 0 Å². The third kappa shape index (κ3) is 3.44. The molecule has 1 N–H and O–H groups in total. The fourth-order valence-electron chi connectivity index (χ4n) is 2.79. The normalized spacial score (nSPS) is 23.3. The first-order chi connectivity index (χ1) is 9.85. The highest BCUT2D eigenvalue weighted by Gasteiger charge is 2.40. The average Bonchev–Trinajstić information content (AvgIpc) is 2.78. The van der Waals surface area contributed by atoms with E-state index in [9.17, 15) is 4.79 Å². The molecule has 0 aromatic carbocycles. The van der Waals surface area contributed by atoms with Gasteiger partial charge in [-0.05, 0) is 13.8 Å². The zero-order valence-electron chi connectivity index (χ0n) is 13.7. The van der Waals surface area contributed by atoms with Crippen molar-refractivity contribution >= 4 is 5.91 Å². The van der Waals surface area contributed by atoms with Gasteiger partial charge in [-0.3, -0.25) is 9.69 Å². The molecule has 0 aliphatic carbocycles. The minimum Gasteiger partial charge on any atom is -0.363 e. The lowest BCUT2D eigenvalue weighted by atomic mass is 10.0. The van der Waals surface area contributed by atoms with E-state index >= 15 is 0 Å². The lowest BCUT2D eigenvalue weighted by Gasteiger charge is -2.40. The van der Waals surface area contributed by atoms with Crippen molar-refractivity contribution in [2.24, 2.45) is 0 Å². The predicted molar refractivity (Wildman–Crippen MR) is 81.0 cm³/mol. The standard InChI is InChI=1S/C15H26N4O2/c1-6-13-16-11(2)12(17-13)9-19-7-8-21-15(3,10-19)14(20)18(4)5/h6-10H2,1-5H3,(H,16,17)/t15-/m1/s1. The number of imidazole rings is 1. The summed E-state index contributed by atoms with van der Waals surface area (Å²) in [4.78, 5) is 24.0. The van der Waals surface area contributed by atoms with Crippen LogP contribution in [0.15, 0.2) is 0 Å². The van der Waals surface area contributed by atoms with E-state index < -0.39 is 5.60 Å². The number of hydrogen-bond donors (Lipinski definition) is 1. The number of likely N-dealkylation sites (N-methyl/N-ethyl adjacent to an activating group) is 1. The van der Waals surface area contributed by atoms with Crippen LogP contribution in [0.3, 0.4) is 0 Å². The van der Waals surface area contributed by atoms with Gasteiger partial charge in [-0.15, -0.1) is 0 Å². The van der Waals surface area contributed by atoms with Gasteiger partial charge in [0.05, 0.1) is 12.3 Å². The van der Waals surface area contributed by atoms with Crippen molar-refractivity contribution in [2.75, 3.05) is 33.8 Å². The Balaban J connectivity index is 2.07. The number of rotatable bonds is 4. The Labute approximate surface area is 126 Å². The molecule has 21 heavy (non-hydrogen) atoms. The topological polar surface area (TPSA) is 61.5 Å². The van der Waals surface area contributed by atoms with Crippen molar-refractivity contribution in [3.63, 3.8) is 0 Å². The first kappa shape index (κ1) is 16.0. The van der Waals surface area contributed by atoms with Crippen molar-refractivity contribution in [1.82, 2.24) is 19.8 Å². The molecule has 1 atom stereocenters. The van der Waals surface area contributed by atoms with Crippen molar-refractivity contribution in [3.8, 4) is 0 Å². The van der Waals surface area contributed by atoms with Gasteiger partial charge < -0.3 is 14.6 Å². The van der Waals surface area contributed by atoms with Gasteiger partial charge in [-0.2, -0.15) is 0 Å². The number of carbonyl (C=O) groups is 1. The zero-order valence-corrected chi connectivity index (χ0v) is 13.7. The van der Waals surface area contributed by atoms with Crippen LogP contribution in [0.5, 0.6) is 0 Å². The van der Waals surface area contributed by atoms with Crippen LogP contribution < -0.4 is 0 Å². The van der Waals surface area contributed by atoms with Gasteiger partial charge >= 0.3 is 0 Å². The Hall–Kier alpha value is -1.40. The Kier molecular flexibility index (Phi) is 4.68. The third-order valence-electron chi connectivity index (χ3n) is 3.95. The van der Waals surface area contributed by atoms with E-state index in [1.165, 1.54) is 0 Å². The molecule has 118 valence electrons. The number of morpholine rings is 1. The van der Waals surface area contributed by atoms with Crippen LogP contribution in [-0.2, 0) is 22.5 Å². The summed E-state index contributed by atoms with van der Waals surface area (Å²) in [6, 6.07) is 0. The van der Waals surface area contributed by atoms with E-state index in [1.54, 1.807) is 19.0 Å². The Morgan fingerprint density at radius 2 is 2.24 bits per heavy atom. The number of nitrogens with zero attached hydrogens (tertiary/aromatic N) is 3. The molecule has 6 nitrogen and oxygen atoms in total. The molecule has 0 bridgehead atoms. The Morgan fingerprint density at radius 3 is 2.81 bits per heavy atom. The summed E-state index contributed by atoms with van der Waals surface area (Å²) in [5.41, 5.74) is 1.41. The molecule has 0 unspecified atom stereocenters. The molecule has 2 rings (SSSR count). The first-order valence-electron chi connectivity index (χ1n) is 7.48. The van der Waals surface area contributed by atoms with Crippen molar-refractivity contribution in [3.05, 3.63) is 17.2 Å². The first-order valence-corrected chi connectivity index (χ1v) is 7.48. The highest BCUT2D eigenvalue weighted by molar-refractivity contribution is 5.84. The molecule has 1 saturated heterocycles. The number of nitrogens with one attached hydrogen (secondary N) is 1. The summed E-state index contributed by atoms with van der Waals surface area (Å²) in [6.45, 7) is 8.75. The SMILES string of the molecule is CCc1nc(CN2CCO[C@@](C)(C(=O)N(C)C)C2)c(C)[nH]1. The molecule has 1 aromatic heterocycles. The number of amides is 1. The molecular formula is C15H26N4O2. The molecule has 1 fully saturated rings. The van der Waals surface area contributed by atoms with E-state index in [-0.39, 0.29) is 5.91 Å². The van der Waals surface area contributed by atoms with Gasteiger partial charge in [0.25, 0.3) is 5.91 Å². The maximum absolute atomic E-state index is 12.3. The smallest absolute Gasteiger partial charge is 0.255 e. The molecule has 0 radical (unpaired) electrons. The second-order valence-corrected chi connectivity index (χ2v) is 6.10. The Bertz CT molecular complexity index is 512. The summed E-state index contributed by atoms with van der Waals surface area (Å²) in [5.74, 6) is 1.03. The molecule has 6 heteroatoms. The van der Waals surface area contributed by atoms with Gasteiger partial charge in [-0.1, -0.05) is 6.92 Å². The average molecular weight is 294 g/mol. The summed E-state index contributed by atoms with van der Waals surface area (Å²) in [6.07, 6.45) is 0.904. The number of hydrogen-bond acceptors (Lipinski definition) is 4. The number of aromatic amines is 1. The minimum atomic E-state index is -0.764. The summed E-state index contributed by atoms with van der Waals surface area (Å²) >= 11 is 0. The van der Waals surface area contributed by atoms with Gasteiger partial charge in [-0.25, -0.2) is 4.98 Å². The summed E-state index contributed by atoms with van der Waals surface area (Å²) in [5, 5.41) is 0. The second-order valence-electron chi connectivity index (χ2n) is 6.10. The quantitative estimate of drug-likeness (QED) is 0.898. The summed E-state index contributed by atoms with van der Waals surface area (Å²) in [7, 11) is 3.53. The van der Waals surface area contributed by atoms with Crippen LogP contribution in [0, 0.1) is 6.92 Å². The summed E-state index contributed by atoms with van der Waals surface area (Å²) < 4.78 is 5.75. The minimum absolute atomic E-state index is 0.0141. The molecule has 1 aromatic rings. The zero-order chi connectivity index (χ0) is 15.6. The van der Waals surface area contributed by atoms with Gasteiger partial charge in [0.2, 0.25) is 0 Å². The van der Waals surface area contributed by atoms with E-state index in [1.807, 2.05) is 13.8 Å². The third-order valence-corrected chi connectivity index (χ3v) is 3.95. The monoisotopic (exact) mass is 294 g/mol. The predicted octanol–water partition coefficient (Wildman–Crippen LogP) is 0.960. The second kappa shape index (κ2) is 6.15. The van der Waals surface area contributed by atoms with Crippen LogP contribution in [-0.4, -0.2) is 65.1 Å². The number of aromatic nitrogens is 2. The molecule has 0 saturated carbocycles. The fraction of sp³-hybridized carbons (Fsp3) is 0.733. The molecule has 1 amide bonds. The van der Waals surface area contributed by atoms with E-state index in [0.29, 0.717) is 13.2 Å². The van der Waals surface area contributed by atoms with E-state index in [2.05, 4.69) is 21.8 Å². The van der Waals surface area contributed by atoms with Crippen molar-refractivity contribution in [2.45, 2.75) is 39.3 Å². The van der Waals surface area contributed by atoms with Crippen LogP contribution in [0.25, 0.3) is 0 Å². The number of carbonyl (C=O) groups excluding carboxylic acids is 1. The van der Waals surface area contributed by atoms with Gasteiger partial charge in [0.15, 0.2) is 5.60 Å². The molecule has 1 aliphatic heterocycles. The molecular weight excluding hydrogens is 268 g/mol. The molecule has 2 heterocycles. The van der Waals surface area contributed by atoms with Crippen LogP contribution >= 0.6 is 0 Å². The van der Waals surface area contributed by atoms with Crippen molar-refractivity contribution in [1.29, 1.82) is 0 Å². The van der Waals surface area contributed by atoms with Crippen LogP contribution in [0.1, 0.15) is 31.1 Å². The maximum atomic E-state index is 12.3. The van der Waals surface area contributed by atoms with E-state index in [4.69, 9.17) is 4.74 Å². The number of aryl methyl sites for hydroxylation is 2. The lowest BCUT2D eigenvalue weighted by molar-refractivity contribution is -0.165. The highest BCUT2D eigenvalue weighted by Crippen LogP contribution is 2.21. The Morgan fingerprint density at radius 1 is 1.52 bits per heavy atom. The highest BCUT2D eigenvalue weighted by atomic mass is 16.5. The lowest BCUT2D eigenvalue weighted by Crippen LogP contribution is -2.57. The fourth-order valence-corrected chi connectivity index (χ4v) is 2.79. The number of ether oxygens (including phenoxy) is 1. The molecule has 1 aliphatic rings. The molecule has 0 spiro atoms. The number of H-pyrrole nitrogens is 1. The van der Waals surface area contributed by atoms with Crippen LogP contribution in [0.2, 0.25) is 0 Å². The largest absolute Gasteiger partial charge is 0.363 e. The van der Waals surface area contributed by atoms with E-state index in [0.717, 1.165) is 36.7 Å². The van der Waals surface area contributed by atoms with Crippen molar-refractivity contribution < 1.29 is 9.53 Å². The van der Waals surface area contributed by atoms with Gasteiger partial charge in [0, 0.05) is 45.8 Å². The maximum Gasteiger partial charge on any atom is 0.255 e.